The number of nitrogen functional groups attached to an aromatic ring is 1. The molecular weight excluding hydrogens is 243 g/mol. The Bertz CT molecular complexity index is 499. The minimum atomic E-state index is -0.415. The number of rotatable bonds is 2. The van der Waals surface area contributed by atoms with Crippen molar-refractivity contribution in [3.05, 3.63) is 23.8 Å². The molecular formula is C13H19BN2O3. The van der Waals surface area contributed by atoms with Crippen LogP contribution in [0.2, 0.25) is 0 Å². The first-order valence-electron chi connectivity index (χ1n) is 6.21. The number of hydrogen-bond acceptors (Lipinski definition) is 5. The van der Waals surface area contributed by atoms with E-state index in [0.29, 0.717) is 5.69 Å². The Morgan fingerprint density at radius 1 is 1.21 bits per heavy atom. The molecule has 1 aliphatic heterocycles. The van der Waals surface area contributed by atoms with Gasteiger partial charge in [-0.25, -0.2) is 4.98 Å². The summed E-state index contributed by atoms with van der Waals surface area (Å²) in [5.74, 6) is 1.87. The number of hydrogen-bond donors (Lipinski definition) is 2. The van der Waals surface area contributed by atoms with E-state index in [9.17, 15) is 5.11 Å². The molecule has 1 aromatic heterocycles. The molecule has 0 aliphatic carbocycles. The van der Waals surface area contributed by atoms with Crippen LogP contribution in [0.1, 0.15) is 33.4 Å². The summed E-state index contributed by atoms with van der Waals surface area (Å²) in [4.78, 5) is 4.04. The fraction of sp³-hybridized carbons (Fsp3) is 0.462. The fourth-order valence-electron chi connectivity index (χ4n) is 1.72. The van der Waals surface area contributed by atoms with Crippen molar-refractivity contribution < 1.29 is 14.4 Å². The normalized spacial score (nSPS) is 21.2. The topological polar surface area (TPSA) is 77.6 Å². The van der Waals surface area contributed by atoms with Crippen molar-refractivity contribution in [2.75, 3.05) is 5.73 Å². The van der Waals surface area contributed by atoms with Crippen LogP contribution >= 0.6 is 0 Å². The summed E-state index contributed by atoms with van der Waals surface area (Å²) in [6.45, 7) is 7.99. The van der Waals surface area contributed by atoms with Gasteiger partial charge >= 0.3 is 7.12 Å². The maximum atomic E-state index is 9.30. The minimum Gasteiger partial charge on any atom is -0.504 e. The van der Waals surface area contributed by atoms with Crippen LogP contribution in [0.4, 0.5) is 5.82 Å². The molecule has 2 rings (SSSR count). The van der Waals surface area contributed by atoms with E-state index < -0.39 is 7.12 Å². The Balaban J connectivity index is 2.10. The van der Waals surface area contributed by atoms with Gasteiger partial charge in [-0.15, -0.1) is 0 Å². The minimum absolute atomic E-state index is 0.0206. The van der Waals surface area contributed by atoms with Gasteiger partial charge in [0.1, 0.15) is 0 Å². The first kappa shape index (κ1) is 13.9. The van der Waals surface area contributed by atoms with Gasteiger partial charge in [0.25, 0.3) is 0 Å². The summed E-state index contributed by atoms with van der Waals surface area (Å²) in [5, 5.41) is 9.30. The molecule has 0 aromatic carbocycles. The molecule has 102 valence electrons. The fourth-order valence-corrected chi connectivity index (χ4v) is 1.72. The number of nitrogens with two attached hydrogens (primary N) is 1. The van der Waals surface area contributed by atoms with E-state index in [1.54, 1.807) is 18.1 Å². The molecule has 0 bridgehead atoms. The van der Waals surface area contributed by atoms with Gasteiger partial charge in [-0.1, -0.05) is 5.98 Å². The zero-order valence-electron chi connectivity index (χ0n) is 11.7. The lowest BCUT2D eigenvalue weighted by Crippen LogP contribution is -2.41. The lowest BCUT2D eigenvalue weighted by molar-refractivity contribution is 0.00578. The Kier molecular flexibility index (Phi) is 3.32. The molecule has 0 saturated carbocycles. The van der Waals surface area contributed by atoms with Gasteiger partial charge in [-0.3, -0.25) is 0 Å². The third kappa shape index (κ3) is 2.74. The summed E-state index contributed by atoms with van der Waals surface area (Å²) in [5.41, 5.74) is 5.46. The molecule has 0 radical (unpaired) electrons. The molecule has 0 spiro atoms. The Labute approximate surface area is 113 Å². The predicted molar refractivity (Wildman–Crippen MR) is 75.4 cm³/mol. The summed E-state index contributed by atoms with van der Waals surface area (Å²) >= 11 is 0. The Hall–Kier alpha value is -1.53. The van der Waals surface area contributed by atoms with E-state index in [1.807, 2.05) is 27.7 Å². The summed E-state index contributed by atoms with van der Waals surface area (Å²) < 4.78 is 11.6. The van der Waals surface area contributed by atoms with E-state index in [-0.39, 0.29) is 22.8 Å². The zero-order valence-corrected chi connectivity index (χ0v) is 11.7. The second-order valence-electron chi connectivity index (χ2n) is 5.62. The van der Waals surface area contributed by atoms with Gasteiger partial charge in [-0.2, -0.15) is 0 Å². The number of pyridine rings is 1. The van der Waals surface area contributed by atoms with Gasteiger partial charge < -0.3 is 20.1 Å². The second kappa shape index (κ2) is 4.54. The van der Waals surface area contributed by atoms with Crippen LogP contribution in [-0.4, -0.2) is 28.4 Å². The smallest absolute Gasteiger partial charge is 0.487 e. The van der Waals surface area contributed by atoms with Crippen LogP contribution in [0.3, 0.4) is 0 Å². The zero-order chi connectivity index (χ0) is 14.3. The molecule has 0 amide bonds. The van der Waals surface area contributed by atoms with E-state index in [1.165, 1.54) is 6.07 Å². The summed E-state index contributed by atoms with van der Waals surface area (Å²) in [6, 6.07) is 3.18. The quantitative estimate of drug-likeness (QED) is 0.797. The third-order valence-corrected chi connectivity index (χ3v) is 3.62. The van der Waals surface area contributed by atoms with Crippen molar-refractivity contribution >= 4 is 19.0 Å². The van der Waals surface area contributed by atoms with Crippen molar-refractivity contribution in [2.45, 2.75) is 38.9 Å². The average Bonchev–Trinajstić information content (AvgIpc) is 2.49. The SMILES string of the molecule is CC1(C)OB(/C=C/c2ccc(O)c(N)n2)OC1(C)C. The molecule has 0 unspecified atom stereocenters. The van der Waals surface area contributed by atoms with Crippen LogP contribution < -0.4 is 5.73 Å². The Morgan fingerprint density at radius 2 is 1.79 bits per heavy atom. The van der Waals surface area contributed by atoms with Gasteiger partial charge in [0.05, 0.1) is 16.9 Å². The maximum Gasteiger partial charge on any atom is 0.487 e. The highest BCUT2D eigenvalue weighted by molar-refractivity contribution is 6.52. The van der Waals surface area contributed by atoms with E-state index in [4.69, 9.17) is 15.0 Å². The number of aromatic hydroxyl groups is 1. The number of anilines is 1. The molecule has 1 aliphatic rings. The van der Waals surface area contributed by atoms with Crippen molar-refractivity contribution in [3.63, 3.8) is 0 Å². The molecule has 1 aromatic rings. The van der Waals surface area contributed by atoms with Gasteiger partial charge in [0.2, 0.25) is 0 Å². The largest absolute Gasteiger partial charge is 0.504 e. The molecule has 2 heterocycles. The first-order chi connectivity index (χ1) is 8.71. The van der Waals surface area contributed by atoms with Crippen molar-refractivity contribution in [1.82, 2.24) is 4.98 Å². The van der Waals surface area contributed by atoms with Crippen LogP contribution in [-0.2, 0) is 9.31 Å². The monoisotopic (exact) mass is 262 g/mol. The number of nitrogens with zero attached hydrogens (tertiary/aromatic N) is 1. The summed E-state index contributed by atoms with van der Waals surface area (Å²) in [7, 11) is -0.415. The lowest BCUT2D eigenvalue weighted by atomic mass is 9.89. The lowest BCUT2D eigenvalue weighted by Gasteiger charge is -2.32. The third-order valence-electron chi connectivity index (χ3n) is 3.62. The molecule has 0 atom stereocenters. The summed E-state index contributed by atoms with van der Waals surface area (Å²) in [6.07, 6.45) is 1.76. The van der Waals surface area contributed by atoms with Gasteiger partial charge in [-0.05, 0) is 45.9 Å². The molecule has 5 nitrogen and oxygen atoms in total. The van der Waals surface area contributed by atoms with Crippen molar-refractivity contribution in [2.24, 2.45) is 0 Å². The van der Waals surface area contributed by atoms with Crippen LogP contribution in [0.5, 0.6) is 5.75 Å². The highest BCUT2D eigenvalue weighted by Gasteiger charge is 2.49. The van der Waals surface area contributed by atoms with E-state index >= 15 is 0 Å². The standard InChI is InChI=1S/C13H19BN2O3/c1-12(2)13(3,4)19-14(18-12)8-7-9-5-6-10(17)11(15)16-9/h5-8,17H,1-4H3,(H2,15,16)/b8-7+. The van der Waals surface area contributed by atoms with Crippen LogP contribution in [0.25, 0.3) is 6.08 Å². The van der Waals surface area contributed by atoms with Gasteiger partial charge in [0, 0.05) is 0 Å². The predicted octanol–water partition coefficient (Wildman–Crippen LogP) is 2.01. The second-order valence-corrected chi connectivity index (χ2v) is 5.62. The molecule has 3 N–H and O–H groups in total. The molecule has 1 saturated heterocycles. The number of aromatic nitrogens is 1. The highest BCUT2D eigenvalue weighted by Crippen LogP contribution is 2.37. The molecule has 1 fully saturated rings. The first-order valence-corrected chi connectivity index (χ1v) is 6.21. The average molecular weight is 262 g/mol. The van der Waals surface area contributed by atoms with E-state index in [0.717, 1.165) is 0 Å². The van der Waals surface area contributed by atoms with Crippen molar-refractivity contribution in [3.8, 4) is 5.75 Å². The highest BCUT2D eigenvalue weighted by atomic mass is 16.7. The van der Waals surface area contributed by atoms with Crippen LogP contribution in [0.15, 0.2) is 18.1 Å². The molecule has 19 heavy (non-hydrogen) atoms. The van der Waals surface area contributed by atoms with Crippen molar-refractivity contribution in [1.29, 1.82) is 0 Å². The molecule has 6 heteroatoms. The van der Waals surface area contributed by atoms with Gasteiger partial charge in [0.15, 0.2) is 11.6 Å². The van der Waals surface area contributed by atoms with Crippen LogP contribution in [0, 0.1) is 0 Å². The van der Waals surface area contributed by atoms with E-state index in [2.05, 4.69) is 4.98 Å². The Morgan fingerprint density at radius 3 is 2.32 bits per heavy atom. The maximum absolute atomic E-state index is 9.30.